The van der Waals surface area contributed by atoms with E-state index in [9.17, 15) is 0 Å². The second kappa shape index (κ2) is 4.09. The van der Waals surface area contributed by atoms with E-state index in [0.29, 0.717) is 0 Å². The molecule has 0 aromatic heterocycles. The number of rotatable bonds is 3. The fourth-order valence-electron chi connectivity index (χ4n) is 0.370. The first kappa shape index (κ1) is 6.92. The summed E-state index contributed by atoms with van der Waals surface area (Å²) in [5.41, 5.74) is 0. The van der Waals surface area contributed by atoms with Crippen LogP contribution in [0, 0.1) is 0 Å². The van der Waals surface area contributed by atoms with Crippen molar-refractivity contribution in [3.8, 4) is 0 Å². The largest absolute Gasteiger partial charge is 0.394 e. The predicted molar refractivity (Wildman–Crippen MR) is 28.2 cm³/mol. The molecule has 44 valence electrons. The van der Waals surface area contributed by atoms with Crippen LogP contribution in [0.4, 0.5) is 0 Å². The summed E-state index contributed by atoms with van der Waals surface area (Å²) in [6.45, 7) is 2.11. The lowest BCUT2D eigenvalue weighted by molar-refractivity contribution is 0.0467. The van der Waals surface area contributed by atoms with Crippen molar-refractivity contribution in [2.45, 2.75) is 19.4 Å². The summed E-state index contributed by atoms with van der Waals surface area (Å²) in [6.07, 6.45) is 0.924. The Morgan fingerprint density at radius 1 is 1.71 bits per heavy atom. The molecule has 0 spiro atoms. The SMILES string of the molecule is CCC(CO)OC. The van der Waals surface area contributed by atoms with Crippen molar-refractivity contribution >= 4 is 0 Å². The van der Waals surface area contributed by atoms with Crippen molar-refractivity contribution < 1.29 is 9.84 Å². The molecular weight excluding hydrogens is 92.1 g/mol. The Morgan fingerprint density at radius 2 is 2.29 bits per heavy atom. The molecule has 1 atom stereocenters. The molecule has 0 heterocycles. The summed E-state index contributed by atoms with van der Waals surface area (Å²) in [5, 5.41) is 8.40. The maximum Gasteiger partial charge on any atom is 0.0799 e. The normalized spacial score (nSPS) is 14.1. The van der Waals surface area contributed by atoms with Crippen LogP contribution in [0.15, 0.2) is 0 Å². The number of ether oxygens (including phenoxy) is 1. The third kappa shape index (κ3) is 2.60. The van der Waals surface area contributed by atoms with Gasteiger partial charge in [0, 0.05) is 7.11 Å². The summed E-state index contributed by atoms with van der Waals surface area (Å²) in [5.74, 6) is 0. The van der Waals surface area contributed by atoms with Crippen molar-refractivity contribution in [2.24, 2.45) is 0 Å². The fraction of sp³-hybridized carbons (Fsp3) is 1.00. The lowest BCUT2D eigenvalue weighted by Gasteiger charge is -2.06. The first-order valence-electron chi connectivity index (χ1n) is 2.48. The van der Waals surface area contributed by atoms with Crippen molar-refractivity contribution in [3.63, 3.8) is 0 Å². The molecule has 0 aliphatic carbocycles. The van der Waals surface area contributed by atoms with Gasteiger partial charge in [-0.05, 0) is 6.42 Å². The minimum absolute atomic E-state index is 0.0417. The van der Waals surface area contributed by atoms with Gasteiger partial charge in [-0.1, -0.05) is 6.92 Å². The summed E-state index contributed by atoms with van der Waals surface area (Å²) >= 11 is 0. The molecule has 0 saturated heterocycles. The van der Waals surface area contributed by atoms with E-state index in [4.69, 9.17) is 9.84 Å². The molecule has 0 radical (unpaired) electrons. The van der Waals surface area contributed by atoms with Gasteiger partial charge < -0.3 is 9.84 Å². The average Bonchev–Trinajstić information content (AvgIpc) is 1.72. The molecule has 0 fully saturated rings. The van der Waals surface area contributed by atoms with Crippen molar-refractivity contribution in [2.75, 3.05) is 13.7 Å². The Morgan fingerprint density at radius 3 is 2.29 bits per heavy atom. The van der Waals surface area contributed by atoms with Gasteiger partial charge >= 0.3 is 0 Å². The van der Waals surface area contributed by atoms with Crippen LogP contribution in [0.2, 0.25) is 0 Å². The van der Waals surface area contributed by atoms with E-state index < -0.39 is 0 Å². The molecule has 0 aliphatic rings. The van der Waals surface area contributed by atoms with Crippen molar-refractivity contribution in [1.29, 1.82) is 0 Å². The lowest BCUT2D eigenvalue weighted by atomic mass is 10.3. The zero-order valence-corrected chi connectivity index (χ0v) is 4.85. The Hall–Kier alpha value is -0.0800. The predicted octanol–water partition coefficient (Wildman–Crippen LogP) is 0.404. The van der Waals surface area contributed by atoms with E-state index in [1.165, 1.54) is 0 Å². The molecule has 1 unspecified atom stereocenters. The maximum atomic E-state index is 8.40. The highest BCUT2D eigenvalue weighted by molar-refractivity contribution is 4.47. The Labute approximate surface area is 44.1 Å². The third-order valence-corrected chi connectivity index (χ3v) is 0.992. The minimum atomic E-state index is 0.0417. The third-order valence-electron chi connectivity index (χ3n) is 0.992. The standard InChI is InChI=1S/C5H12O2/c1-3-5(4-6)7-2/h5-6H,3-4H2,1-2H3. The summed E-state index contributed by atoms with van der Waals surface area (Å²) < 4.78 is 4.80. The van der Waals surface area contributed by atoms with E-state index in [-0.39, 0.29) is 12.7 Å². The molecule has 0 aliphatic heterocycles. The molecule has 7 heavy (non-hydrogen) atoms. The molecule has 1 N–H and O–H groups in total. The van der Waals surface area contributed by atoms with Crippen LogP contribution in [0.1, 0.15) is 13.3 Å². The quantitative estimate of drug-likeness (QED) is 0.561. The van der Waals surface area contributed by atoms with Gasteiger partial charge in [-0.15, -0.1) is 0 Å². The maximum absolute atomic E-state index is 8.40. The molecule has 0 amide bonds. The van der Waals surface area contributed by atoms with Crippen molar-refractivity contribution in [1.82, 2.24) is 0 Å². The highest BCUT2D eigenvalue weighted by atomic mass is 16.5. The summed E-state index contributed by atoms with van der Waals surface area (Å²) in [7, 11) is 1.60. The summed E-state index contributed by atoms with van der Waals surface area (Å²) in [4.78, 5) is 0. The van der Waals surface area contributed by atoms with E-state index in [1.54, 1.807) is 7.11 Å². The van der Waals surface area contributed by atoms with Gasteiger partial charge in [0.2, 0.25) is 0 Å². The number of hydrogen-bond donors (Lipinski definition) is 1. The molecule has 2 nitrogen and oxygen atoms in total. The molecule has 0 rings (SSSR count). The first-order chi connectivity index (χ1) is 3.35. The van der Waals surface area contributed by atoms with Crippen LogP contribution in [-0.2, 0) is 4.74 Å². The van der Waals surface area contributed by atoms with Gasteiger partial charge in [0.1, 0.15) is 0 Å². The zero-order chi connectivity index (χ0) is 5.70. The number of methoxy groups -OCH3 is 1. The molecular formula is C5H12O2. The Kier molecular flexibility index (Phi) is 4.04. The Balaban J connectivity index is 2.99. The molecule has 0 saturated carbocycles. The second-order valence-corrected chi connectivity index (χ2v) is 1.45. The smallest absolute Gasteiger partial charge is 0.0799 e. The van der Waals surface area contributed by atoms with Gasteiger partial charge in [0.25, 0.3) is 0 Å². The zero-order valence-electron chi connectivity index (χ0n) is 4.85. The van der Waals surface area contributed by atoms with Crippen LogP contribution in [0.5, 0.6) is 0 Å². The second-order valence-electron chi connectivity index (χ2n) is 1.45. The Bertz CT molecular complexity index is 27.6. The lowest BCUT2D eigenvalue weighted by Crippen LogP contribution is -2.13. The number of hydrogen-bond acceptors (Lipinski definition) is 2. The van der Waals surface area contributed by atoms with Crippen LogP contribution < -0.4 is 0 Å². The number of aliphatic hydroxyl groups is 1. The van der Waals surface area contributed by atoms with E-state index in [0.717, 1.165) is 6.42 Å². The van der Waals surface area contributed by atoms with E-state index >= 15 is 0 Å². The molecule has 0 aromatic carbocycles. The minimum Gasteiger partial charge on any atom is -0.394 e. The van der Waals surface area contributed by atoms with Crippen molar-refractivity contribution in [3.05, 3.63) is 0 Å². The van der Waals surface area contributed by atoms with E-state index in [2.05, 4.69) is 0 Å². The van der Waals surface area contributed by atoms with Gasteiger partial charge in [-0.2, -0.15) is 0 Å². The topological polar surface area (TPSA) is 29.5 Å². The van der Waals surface area contributed by atoms with Crippen LogP contribution in [0.25, 0.3) is 0 Å². The van der Waals surface area contributed by atoms with Crippen LogP contribution >= 0.6 is 0 Å². The monoisotopic (exact) mass is 104 g/mol. The molecule has 0 bridgehead atoms. The van der Waals surface area contributed by atoms with Gasteiger partial charge in [-0.25, -0.2) is 0 Å². The fourth-order valence-corrected chi connectivity index (χ4v) is 0.370. The molecule has 0 aromatic rings. The highest BCUT2D eigenvalue weighted by Crippen LogP contribution is 1.91. The van der Waals surface area contributed by atoms with E-state index in [1.807, 2.05) is 6.92 Å². The first-order valence-corrected chi connectivity index (χ1v) is 2.48. The van der Waals surface area contributed by atoms with Crippen LogP contribution in [0.3, 0.4) is 0 Å². The van der Waals surface area contributed by atoms with Gasteiger partial charge in [0.05, 0.1) is 12.7 Å². The van der Waals surface area contributed by atoms with Gasteiger partial charge in [-0.3, -0.25) is 0 Å². The molecule has 2 heteroatoms. The van der Waals surface area contributed by atoms with Gasteiger partial charge in [0.15, 0.2) is 0 Å². The highest BCUT2D eigenvalue weighted by Gasteiger charge is 1.97. The number of aliphatic hydroxyl groups excluding tert-OH is 1. The average molecular weight is 104 g/mol. The summed E-state index contributed by atoms with van der Waals surface area (Å²) in [6, 6.07) is 0. The van der Waals surface area contributed by atoms with Crippen LogP contribution in [-0.4, -0.2) is 24.9 Å².